The van der Waals surface area contributed by atoms with E-state index in [1.807, 2.05) is 0 Å². The Morgan fingerprint density at radius 3 is 2.50 bits per heavy atom. The van der Waals surface area contributed by atoms with Gasteiger partial charge in [-0.25, -0.2) is 8.42 Å². The molecular formula is C13H17BrN2O5S. The first-order valence-corrected chi connectivity index (χ1v) is 8.69. The lowest BCUT2D eigenvalue weighted by molar-refractivity contribution is -0.147. The zero-order chi connectivity index (χ0) is 16.8. The Balaban J connectivity index is 2.50. The van der Waals surface area contributed by atoms with E-state index >= 15 is 0 Å². The molecule has 0 unspecified atom stereocenters. The van der Waals surface area contributed by atoms with Crippen molar-refractivity contribution >= 4 is 37.8 Å². The summed E-state index contributed by atoms with van der Waals surface area (Å²) in [4.78, 5) is 22.8. The van der Waals surface area contributed by atoms with Crippen LogP contribution in [0, 0.1) is 0 Å². The molecule has 0 aliphatic carbocycles. The van der Waals surface area contributed by atoms with Crippen LogP contribution in [0.25, 0.3) is 0 Å². The number of benzene rings is 1. The van der Waals surface area contributed by atoms with E-state index in [9.17, 15) is 18.0 Å². The molecule has 22 heavy (non-hydrogen) atoms. The van der Waals surface area contributed by atoms with Crippen LogP contribution in [0.5, 0.6) is 0 Å². The van der Waals surface area contributed by atoms with Gasteiger partial charge in [-0.1, -0.05) is 12.1 Å². The van der Waals surface area contributed by atoms with Crippen LogP contribution in [0.15, 0.2) is 33.6 Å². The van der Waals surface area contributed by atoms with E-state index < -0.39 is 35.1 Å². The number of halogens is 1. The molecule has 2 N–H and O–H groups in total. The third kappa shape index (κ3) is 6.12. The van der Waals surface area contributed by atoms with Crippen LogP contribution in [-0.4, -0.2) is 39.5 Å². The predicted octanol–water partition coefficient (Wildman–Crippen LogP) is 0.795. The van der Waals surface area contributed by atoms with E-state index in [1.165, 1.54) is 6.07 Å². The van der Waals surface area contributed by atoms with Crippen molar-refractivity contribution in [2.24, 2.45) is 0 Å². The fourth-order valence-electron chi connectivity index (χ4n) is 1.46. The summed E-state index contributed by atoms with van der Waals surface area (Å²) in [7, 11) is -3.84. The fourth-order valence-corrected chi connectivity index (χ4v) is 3.43. The van der Waals surface area contributed by atoms with E-state index in [4.69, 9.17) is 0 Å². The maximum atomic E-state index is 12.0. The van der Waals surface area contributed by atoms with E-state index in [1.54, 1.807) is 32.0 Å². The molecule has 0 saturated carbocycles. The van der Waals surface area contributed by atoms with Gasteiger partial charge in [-0.3, -0.25) is 9.59 Å². The second-order valence-corrected chi connectivity index (χ2v) is 7.23. The van der Waals surface area contributed by atoms with Crippen molar-refractivity contribution < 1.29 is 22.7 Å². The Morgan fingerprint density at radius 2 is 1.91 bits per heavy atom. The lowest BCUT2D eigenvalue weighted by atomic mass is 10.4. The Kier molecular flexibility index (Phi) is 6.98. The minimum atomic E-state index is -3.84. The summed E-state index contributed by atoms with van der Waals surface area (Å²) in [5.41, 5.74) is 0. The van der Waals surface area contributed by atoms with Crippen LogP contribution in [0.4, 0.5) is 0 Å². The second-order valence-electron chi connectivity index (χ2n) is 4.64. The third-order valence-electron chi connectivity index (χ3n) is 2.35. The van der Waals surface area contributed by atoms with Gasteiger partial charge >= 0.3 is 5.97 Å². The molecule has 1 amide bonds. The normalized spacial score (nSPS) is 11.3. The number of carbonyl (C=O) groups is 2. The molecule has 1 aromatic carbocycles. The molecule has 1 aromatic rings. The molecule has 0 aliphatic rings. The van der Waals surface area contributed by atoms with Gasteiger partial charge in [0.25, 0.3) is 5.91 Å². The smallest absolute Gasteiger partial charge is 0.321 e. The molecule has 0 saturated heterocycles. The van der Waals surface area contributed by atoms with Crippen molar-refractivity contribution in [2.45, 2.75) is 24.8 Å². The van der Waals surface area contributed by atoms with Crippen LogP contribution < -0.4 is 10.0 Å². The maximum Gasteiger partial charge on any atom is 0.321 e. The summed E-state index contributed by atoms with van der Waals surface area (Å²) in [6.45, 7) is 2.53. The molecular weight excluding hydrogens is 376 g/mol. The number of hydrogen-bond donors (Lipinski definition) is 2. The second kappa shape index (κ2) is 8.25. The first-order chi connectivity index (χ1) is 10.2. The molecule has 0 heterocycles. The van der Waals surface area contributed by atoms with Gasteiger partial charge in [0.05, 0.1) is 4.90 Å². The summed E-state index contributed by atoms with van der Waals surface area (Å²) in [5.74, 6) is -1.29. The topological polar surface area (TPSA) is 102 Å². The molecule has 7 nitrogen and oxygen atoms in total. The molecule has 0 aliphatic heterocycles. The highest BCUT2D eigenvalue weighted by atomic mass is 79.9. The predicted molar refractivity (Wildman–Crippen MR) is 83.6 cm³/mol. The van der Waals surface area contributed by atoms with Crippen LogP contribution in [-0.2, 0) is 24.3 Å². The van der Waals surface area contributed by atoms with Crippen LogP contribution in [0.3, 0.4) is 0 Å². The largest absolute Gasteiger partial charge is 0.455 e. The van der Waals surface area contributed by atoms with Gasteiger partial charge in [-0.05, 0) is 41.9 Å². The molecule has 0 spiro atoms. The number of carbonyl (C=O) groups excluding carboxylic acids is 2. The summed E-state index contributed by atoms with van der Waals surface area (Å²) in [6, 6.07) is 6.13. The zero-order valence-electron chi connectivity index (χ0n) is 12.1. The molecule has 122 valence electrons. The molecule has 0 atom stereocenters. The third-order valence-corrected chi connectivity index (χ3v) is 4.76. The molecule has 0 radical (unpaired) electrons. The average molecular weight is 393 g/mol. The van der Waals surface area contributed by atoms with E-state index in [0.717, 1.165) is 0 Å². The van der Waals surface area contributed by atoms with E-state index in [0.29, 0.717) is 4.47 Å². The lowest BCUT2D eigenvalue weighted by Gasteiger charge is -2.10. The van der Waals surface area contributed by atoms with Gasteiger partial charge in [0.1, 0.15) is 6.54 Å². The summed E-state index contributed by atoms with van der Waals surface area (Å²) in [5, 5.41) is 2.54. The minimum absolute atomic E-state index is 0.0142. The first-order valence-electron chi connectivity index (χ1n) is 6.41. The monoisotopic (exact) mass is 392 g/mol. The van der Waals surface area contributed by atoms with Crippen LogP contribution in [0.2, 0.25) is 0 Å². The van der Waals surface area contributed by atoms with Crippen molar-refractivity contribution in [3.63, 3.8) is 0 Å². The van der Waals surface area contributed by atoms with Crippen molar-refractivity contribution in [3.8, 4) is 0 Å². The fraction of sp³-hybridized carbons (Fsp3) is 0.385. The standard InChI is InChI=1S/C13H17BrN2O5S/c1-9(2)16-12(17)8-21-13(18)7-15-22(19,20)11-6-4-3-5-10(11)14/h3-6,9,15H,7-8H2,1-2H3,(H,16,17). The Labute approximate surface area is 137 Å². The first kappa shape index (κ1) is 18.6. The Hall–Kier alpha value is -1.45. The van der Waals surface area contributed by atoms with Gasteiger partial charge < -0.3 is 10.1 Å². The van der Waals surface area contributed by atoms with E-state index in [-0.39, 0.29) is 10.9 Å². The Bertz CT molecular complexity index is 646. The number of nitrogens with one attached hydrogen (secondary N) is 2. The van der Waals surface area contributed by atoms with Crippen molar-refractivity contribution in [3.05, 3.63) is 28.7 Å². The highest BCUT2D eigenvalue weighted by Gasteiger charge is 2.19. The zero-order valence-corrected chi connectivity index (χ0v) is 14.5. The SMILES string of the molecule is CC(C)NC(=O)COC(=O)CNS(=O)(=O)c1ccccc1Br. The molecule has 1 rings (SSSR count). The number of amides is 1. The number of rotatable bonds is 7. The van der Waals surface area contributed by atoms with Gasteiger partial charge in [0.2, 0.25) is 10.0 Å². The van der Waals surface area contributed by atoms with Crippen molar-refractivity contribution in [2.75, 3.05) is 13.2 Å². The molecule has 0 bridgehead atoms. The molecule has 0 aromatic heterocycles. The number of sulfonamides is 1. The number of hydrogen-bond acceptors (Lipinski definition) is 5. The molecule has 0 fully saturated rings. The quantitative estimate of drug-likeness (QED) is 0.668. The van der Waals surface area contributed by atoms with Crippen LogP contribution >= 0.6 is 15.9 Å². The summed E-state index contributed by atoms with van der Waals surface area (Å²) in [6.07, 6.45) is 0. The highest BCUT2D eigenvalue weighted by molar-refractivity contribution is 9.10. The highest BCUT2D eigenvalue weighted by Crippen LogP contribution is 2.20. The Morgan fingerprint density at radius 1 is 1.27 bits per heavy atom. The van der Waals surface area contributed by atoms with Crippen LogP contribution in [0.1, 0.15) is 13.8 Å². The summed E-state index contributed by atoms with van der Waals surface area (Å²) < 4.78 is 31.2. The number of ether oxygens (including phenoxy) is 1. The van der Waals surface area contributed by atoms with Gasteiger partial charge in [-0.15, -0.1) is 0 Å². The molecule has 9 heteroatoms. The van der Waals surface area contributed by atoms with Crippen molar-refractivity contribution in [1.29, 1.82) is 0 Å². The van der Waals surface area contributed by atoms with Gasteiger partial charge in [-0.2, -0.15) is 4.72 Å². The maximum absolute atomic E-state index is 12.0. The van der Waals surface area contributed by atoms with Gasteiger partial charge in [0.15, 0.2) is 6.61 Å². The lowest BCUT2D eigenvalue weighted by Crippen LogP contribution is -2.36. The summed E-state index contributed by atoms with van der Waals surface area (Å²) >= 11 is 3.12. The van der Waals surface area contributed by atoms with E-state index in [2.05, 4.69) is 30.7 Å². The van der Waals surface area contributed by atoms with Crippen molar-refractivity contribution in [1.82, 2.24) is 10.0 Å². The minimum Gasteiger partial charge on any atom is -0.455 e. The van der Waals surface area contributed by atoms with Gasteiger partial charge in [0, 0.05) is 10.5 Å². The average Bonchev–Trinajstić information content (AvgIpc) is 2.42. The number of esters is 1.